The van der Waals surface area contributed by atoms with Crippen LogP contribution in [0.15, 0.2) is 29.3 Å². The summed E-state index contributed by atoms with van der Waals surface area (Å²) in [7, 11) is 1.79. The predicted molar refractivity (Wildman–Crippen MR) is 113 cm³/mol. The van der Waals surface area contributed by atoms with E-state index in [1.54, 1.807) is 13.1 Å². The number of aliphatic imine (C=N–C) groups is 1. The molecule has 1 amide bonds. The number of guanidine groups is 1. The van der Waals surface area contributed by atoms with Gasteiger partial charge in [0.05, 0.1) is 5.69 Å². The number of rotatable bonds is 6. The van der Waals surface area contributed by atoms with Crippen molar-refractivity contribution in [2.24, 2.45) is 10.9 Å². The largest absolute Gasteiger partial charge is 0.506 e. The minimum absolute atomic E-state index is 0.167. The summed E-state index contributed by atoms with van der Waals surface area (Å²) < 4.78 is 0. The first-order valence-corrected chi connectivity index (χ1v) is 10.4. The second-order valence-electron chi connectivity index (χ2n) is 7.64. The summed E-state index contributed by atoms with van der Waals surface area (Å²) >= 11 is 0. The molecule has 7 heteroatoms. The van der Waals surface area contributed by atoms with Crippen LogP contribution >= 0.6 is 0 Å². The molecule has 7 nitrogen and oxygen atoms in total. The molecule has 0 unspecified atom stereocenters. The molecule has 2 aliphatic rings. The maximum atomic E-state index is 12.0. The van der Waals surface area contributed by atoms with E-state index in [-0.39, 0.29) is 5.91 Å². The van der Waals surface area contributed by atoms with Crippen LogP contribution in [0.2, 0.25) is 0 Å². The Bertz CT molecular complexity index is 665. The van der Waals surface area contributed by atoms with Crippen LogP contribution in [-0.4, -0.2) is 68.2 Å². The quantitative estimate of drug-likeness (QED) is 0.394. The lowest BCUT2D eigenvalue weighted by Gasteiger charge is -2.37. The summed E-state index contributed by atoms with van der Waals surface area (Å²) in [6, 6.07) is 7.46. The van der Waals surface area contributed by atoms with Crippen molar-refractivity contribution < 1.29 is 9.90 Å². The molecule has 1 aromatic carbocycles. The molecular weight excluding hydrogens is 354 g/mol. The van der Waals surface area contributed by atoms with Crippen molar-refractivity contribution in [3.8, 4) is 5.75 Å². The van der Waals surface area contributed by atoms with E-state index < -0.39 is 0 Å². The minimum Gasteiger partial charge on any atom is -0.506 e. The van der Waals surface area contributed by atoms with E-state index in [1.807, 2.05) is 18.2 Å². The van der Waals surface area contributed by atoms with Crippen LogP contribution in [0, 0.1) is 5.92 Å². The van der Waals surface area contributed by atoms with E-state index in [0.717, 1.165) is 37.8 Å². The monoisotopic (exact) mass is 387 g/mol. The Morgan fingerprint density at radius 2 is 1.79 bits per heavy atom. The smallest absolute Gasteiger partial charge is 0.220 e. The van der Waals surface area contributed by atoms with Crippen LogP contribution in [-0.2, 0) is 4.79 Å². The summed E-state index contributed by atoms with van der Waals surface area (Å²) in [6.45, 7) is 4.61. The normalized spacial score (nSPS) is 18.4. The summed E-state index contributed by atoms with van der Waals surface area (Å²) in [4.78, 5) is 20.8. The van der Waals surface area contributed by atoms with Crippen molar-refractivity contribution in [1.29, 1.82) is 0 Å². The first-order valence-electron chi connectivity index (χ1n) is 10.4. The van der Waals surface area contributed by atoms with Crippen LogP contribution in [0.25, 0.3) is 0 Å². The van der Waals surface area contributed by atoms with E-state index >= 15 is 0 Å². The number of hydrogen-bond donors (Lipinski definition) is 3. The van der Waals surface area contributed by atoms with Crippen molar-refractivity contribution in [3.63, 3.8) is 0 Å². The Morgan fingerprint density at radius 3 is 2.46 bits per heavy atom. The summed E-state index contributed by atoms with van der Waals surface area (Å²) in [6.07, 6.45) is 5.61. The summed E-state index contributed by atoms with van der Waals surface area (Å²) in [5.41, 5.74) is 0.884. The Balaban J connectivity index is 1.36. The molecule has 28 heavy (non-hydrogen) atoms. The number of nitrogens with one attached hydrogen (secondary N) is 2. The van der Waals surface area contributed by atoms with Gasteiger partial charge in [0.1, 0.15) is 5.75 Å². The minimum atomic E-state index is 0.167. The molecule has 1 aliphatic carbocycles. The van der Waals surface area contributed by atoms with Crippen LogP contribution in [0.4, 0.5) is 5.69 Å². The van der Waals surface area contributed by atoms with Gasteiger partial charge in [0.25, 0.3) is 0 Å². The van der Waals surface area contributed by atoms with Gasteiger partial charge in [-0.1, -0.05) is 25.0 Å². The highest BCUT2D eigenvalue weighted by Gasteiger charge is 2.21. The first-order chi connectivity index (χ1) is 13.7. The fourth-order valence-electron chi connectivity index (χ4n) is 4.15. The third kappa shape index (κ3) is 5.53. The van der Waals surface area contributed by atoms with Crippen LogP contribution in [0.5, 0.6) is 5.75 Å². The highest BCUT2D eigenvalue weighted by atomic mass is 16.3. The number of nitrogens with zero attached hydrogens (tertiary/aromatic N) is 3. The van der Waals surface area contributed by atoms with Gasteiger partial charge in [0.2, 0.25) is 5.91 Å². The summed E-state index contributed by atoms with van der Waals surface area (Å²) in [5.74, 6) is 1.94. The molecule has 0 atom stereocenters. The average molecular weight is 388 g/mol. The van der Waals surface area contributed by atoms with Gasteiger partial charge in [-0.25, -0.2) is 0 Å². The van der Waals surface area contributed by atoms with Gasteiger partial charge in [-0.3, -0.25) is 9.79 Å². The Labute approximate surface area is 167 Å². The van der Waals surface area contributed by atoms with E-state index in [0.29, 0.717) is 31.2 Å². The highest BCUT2D eigenvalue weighted by Crippen LogP contribution is 2.28. The molecule has 3 N–H and O–H groups in total. The second-order valence-corrected chi connectivity index (χ2v) is 7.64. The van der Waals surface area contributed by atoms with Crippen molar-refractivity contribution >= 4 is 17.6 Å². The average Bonchev–Trinajstić information content (AvgIpc) is 3.22. The molecule has 1 aromatic rings. The molecule has 1 saturated heterocycles. The Hall–Kier alpha value is -2.44. The lowest BCUT2D eigenvalue weighted by molar-refractivity contribution is -0.121. The number of para-hydroxylation sites is 2. The number of anilines is 1. The lowest BCUT2D eigenvalue weighted by atomic mass is 10.0. The van der Waals surface area contributed by atoms with E-state index in [9.17, 15) is 9.90 Å². The highest BCUT2D eigenvalue weighted by molar-refractivity contribution is 5.80. The maximum Gasteiger partial charge on any atom is 0.220 e. The molecule has 1 heterocycles. The molecule has 0 spiro atoms. The van der Waals surface area contributed by atoms with Gasteiger partial charge >= 0.3 is 0 Å². The van der Waals surface area contributed by atoms with Gasteiger partial charge < -0.3 is 25.5 Å². The summed E-state index contributed by atoms with van der Waals surface area (Å²) in [5, 5.41) is 16.4. The van der Waals surface area contributed by atoms with Gasteiger partial charge in [0.15, 0.2) is 5.96 Å². The third-order valence-electron chi connectivity index (χ3n) is 5.69. The van der Waals surface area contributed by atoms with Gasteiger partial charge in [-0.15, -0.1) is 0 Å². The molecule has 1 saturated carbocycles. The first kappa shape index (κ1) is 20.3. The van der Waals surface area contributed by atoms with Crippen molar-refractivity contribution in [1.82, 2.24) is 15.5 Å². The number of carbonyl (C=O) groups is 1. The topological polar surface area (TPSA) is 80.2 Å². The lowest BCUT2D eigenvalue weighted by Crippen LogP contribution is -2.53. The number of phenols is 1. The van der Waals surface area contributed by atoms with Gasteiger partial charge in [-0.05, 0) is 30.9 Å². The standard InChI is InChI=1S/C21H33N5O2/c1-22-21(24-11-10-23-20(28)16-17-6-2-3-7-17)26-14-12-25(13-15-26)18-8-4-5-9-19(18)27/h4-5,8-9,17,27H,2-3,6-7,10-16H2,1H3,(H,22,24)(H,23,28). The Kier molecular flexibility index (Phi) is 7.39. The SMILES string of the molecule is CN=C(NCCNC(=O)CC1CCCC1)N1CCN(c2ccccc2O)CC1. The number of amides is 1. The number of piperazine rings is 1. The number of aromatic hydroxyl groups is 1. The van der Waals surface area contributed by atoms with Gasteiger partial charge in [0, 0.05) is 52.7 Å². The molecule has 0 aromatic heterocycles. The third-order valence-corrected chi connectivity index (χ3v) is 5.69. The number of carbonyl (C=O) groups excluding carboxylic acids is 1. The second kappa shape index (κ2) is 10.2. The van der Waals surface area contributed by atoms with Crippen LogP contribution in [0.3, 0.4) is 0 Å². The molecule has 154 valence electrons. The van der Waals surface area contributed by atoms with Crippen LogP contribution < -0.4 is 15.5 Å². The van der Waals surface area contributed by atoms with Crippen molar-refractivity contribution in [2.45, 2.75) is 32.1 Å². The van der Waals surface area contributed by atoms with E-state index in [1.165, 1.54) is 25.7 Å². The fraction of sp³-hybridized carbons (Fsp3) is 0.619. The zero-order valence-electron chi connectivity index (χ0n) is 16.9. The number of benzene rings is 1. The zero-order valence-corrected chi connectivity index (χ0v) is 16.9. The molecule has 0 bridgehead atoms. The van der Waals surface area contributed by atoms with E-state index in [4.69, 9.17) is 0 Å². The molecule has 0 radical (unpaired) electrons. The van der Waals surface area contributed by atoms with Crippen molar-refractivity contribution in [2.75, 3.05) is 51.2 Å². The fourth-order valence-corrected chi connectivity index (χ4v) is 4.15. The van der Waals surface area contributed by atoms with Gasteiger partial charge in [-0.2, -0.15) is 0 Å². The Morgan fingerprint density at radius 1 is 1.11 bits per heavy atom. The molecular formula is C21H33N5O2. The predicted octanol–water partition coefficient (Wildman–Crippen LogP) is 1.79. The van der Waals surface area contributed by atoms with Crippen LogP contribution in [0.1, 0.15) is 32.1 Å². The zero-order chi connectivity index (χ0) is 19.8. The van der Waals surface area contributed by atoms with E-state index in [2.05, 4.69) is 25.4 Å². The van der Waals surface area contributed by atoms with Crippen molar-refractivity contribution in [3.05, 3.63) is 24.3 Å². The maximum absolute atomic E-state index is 12.0. The molecule has 1 aliphatic heterocycles. The molecule has 3 rings (SSSR count). The molecule has 2 fully saturated rings. The number of phenolic OH excluding ortho intramolecular Hbond substituents is 1. The number of hydrogen-bond acceptors (Lipinski definition) is 4.